The maximum absolute atomic E-state index is 12.6. The van der Waals surface area contributed by atoms with Gasteiger partial charge < -0.3 is 15.4 Å². The molecule has 0 saturated carbocycles. The summed E-state index contributed by atoms with van der Waals surface area (Å²) >= 11 is 1.48. The van der Waals surface area contributed by atoms with Crippen molar-refractivity contribution in [3.05, 3.63) is 52.9 Å². The first kappa shape index (κ1) is 16.7. The van der Waals surface area contributed by atoms with Gasteiger partial charge in [-0.15, -0.1) is 11.3 Å². The van der Waals surface area contributed by atoms with Crippen molar-refractivity contribution in [2.45, 2.75) is 13.3 Å². The molecule has 1 aliphatic rings. The van der Waals surface area contributed by atoms with E-state index in [4.69, 9.17) is 4.74 Å². The number of hydrogen-bond donors (Lipinski definition) is 2. The van der Waals surface area contributed by atoms with Crippen LogP contribution in [0.5, 0.6) is 5.75 Å². The maximum atomic E-state index is 12.6. The lowest BCUT2D eigenvalue weighted by molar-refractivity contribution is 0.0957. The first-order valence-electron chi connectivity index (χ1n) is 8.27. The minimum Gasteiger partial charge on any atom is -0.492 e. The number of ether oxygens (including phenoxy) is 1. The van der Waals surface area contributed by atoms with Crippen LogP contribution in [-0.2, 0) is 0 Å². The zero-order valence-corrected chi connectivity index (χ0v) is 14.6. The average Bonchev–Trinajstić information content (AvgIpc) is 3.06. The summed E-state index contributed by atoms with van der Waals surface area (Å²) in [5.74, 6) is 0.600. The maximum Gasteiger partial charge on any atom is 0.265 e. The summed E-state index contributed by atoms with van der Waals surface area (Å²) in [6, 6.07) is 12.0. The number of amides is 1. The number of benzene rings is 1. The van der Waals surface area contributed by atoms with Crippen molar-refractivity contribution in [2.75, 3.05) is 26.2 Å². The van der Waals surface area contributed by atoms with Crippen LogP contribution < -0.4 is 15.4 Å². The second-order valence-electron chi connectivity index (χ2n) is 5.60. The van der Waals surface area contributed by atoms with Crippen molar-refractivity contribution >= 4 is 17.2 Å². The van der Waals surface area contributed by atoms with E-state index in [1.165, 1.54) is 16.9 Å². The molecule has 1 aliphatic heterocycles. The Bertz CT molecular complexity index is 722. The Morgan fingerprint density at radius 1 is 1.33 bits per heavy atom. The van der Waals surface area contributed by atoms with E-state index in [-0.39, 0.29) is 5.91 Å². The van der Waals surface area contributed by atoms with Crippen LogP contribution in [0.15, 0.2) is 48.0 Å². The highest BCUT2D eigenvalue weighted by molar-refractivity contribution is 7.17. The lowest BCUT2D eigenvalue weighted by Gasteiger charge is -2.14. The second kappa shape index (κ2) is 8.13. The van der Waals surface area contributed by atoms with Gasteiger partial charge in [-0.1, -0.05) is 42.0 Å². The zero-order valence-electron chi connectivity index (χ0n) is 13.8. The lowest BCUT2D eigenvalue weighted by atomic mass is 10.1. The second-order valence-corrected chi connectivity index (χ2v) is 6.65. The van der Waals surface area contributed by atoms with Gasteiger partial charge in [0.1, 0.15) is 10.6 Å². The van der Waals surface area contributed by atoms with Gasteiger partial charge in [0.05, 0.1) is 6.61 Å². The molecule has 1 aromatic heterocycles. The number of thiophene rings is 1. The number of rotatable bonds is 6. The van der Waals surface area contributed by atoms with Gasteiger partial charge in [-0.25, -0.2) is 0 Å². The predicted molar refractivity (Wildman–Crippen MR) is 98.8 cm³/mol. The zero-order chi connectivity index (χ0) is 16.8. The molecule has 1 aromatic carbocycles. The molecular formula is C19H22N2O2S. The molecule has 3 rings (SSSR count). The van der Waals surface area contributed by atoms with Crippen LogP contribution in [0.2, 0.25) is 0 Å². The number of nitrogens with one attached hydrogen (secondary N) is 2. The van der Waals surface area contributed by atoms with E-state index in [1.807, 2.05) is 43.3 Å². The molecule has 0 fully saturated rings. The van der Waals surface area contributed by atoms with E-state index >= 15 is 0 Å². The Kier molecular flexibility index (Phi) is 5.67. The van der Waals surface area contributed by atoms with Crippen LogP contribution in [-0.4, -0.2) is 32.1 Å². The first-order chi connectivity index (χ1) is 11.8. The normalized spacial score (nSPS) is 14.1. The van der Waals surface area contributed by atoms with E-state index in [2.05, 4.69) is 16.7 Å². The van der Waals surface area contributed by atoms with Gasteiger partial charge in [0.2, 0.25) is 0 Å². The summed E-state index contributed by atoms with van der Waals surface area (Å²) in [6.45, 7) is 4.93. The van der Waals surface area contributed by atoms with Crippen molar-refractivity contribution in [1.82, 2.24) is 10.6 Å². The van der Waals surface area contributed by atoms with Crippen molar-refractivity contribution in [3.8, 4) is 16.2 Å². The molecule has 0 bridgehead atoms. The van der Waals surface area contributed by atoms with Gasteiger partial charge >= 0.3 is 0 Å². The molecule has 4 nitrogen and oxygen atoms in total. The number of hydrogen-bond acceptors (Lipinski definition) is 4. The number of carbonyl (C=O) groups excluding carboxylic acids is 1. The molecule has 0 aliphatic carbocycles. The molecule has 2 N–H and O–H groups in total. The number of carbonyl (C=O) groups is 1. The van der Waals surface area contributed by atoms with Gasteiger partial charge in [-0.2, -0.15) is 0 Å². The molecule has 2 aromatic rings. The van der Waals surface area contributed by atoms with Crippen molar-refractivity contribution in [3.63, 3.8) is 0 Å². The third kappa shape index (κ3) is 4.04. The van der Waals surface area contributed by atoms with E-state index in [0.717, 1.165) is 30.0 Å². The summed E-state index contributed by atoms with van der Waals surface area (Å²) in [4.78, 5) is 14.3. The highest BCUT2D eigenvalue weighted by atomic mass is 32.1. The van der Waals surface area contributed by atoms with Gasteiger partial charge in [-0.05, 0) is 31.5 Å². The molecule has 0 unspecified atom stereocenters. The molecule has 0 radical (unpaired) electrons. The average molecular weight is 342 g/mol. The molecule has 126 valence electrons. The van der Waals surface area contributed by atoms with Crippen LogP contribution in [0.4, 0.5) is 0 Å². The fourth-order valence-electron chi connectivity index (χ4n) is 2.64. The SMILES string of the molecule is CCOc1cc(-c2ccccc2)sc1C(=O)NCC1=CCNCC1. The molecule has 1 amide bonds. The van der Waals surface area contributed by atoms with Crippen molar-refractivity contribution in [1.29, 1.82) is 0 Å². The Morgan fingerprint density at radius 3 is 2.88 bits per heavy atom. The van der Waals surface area contributed by atoms with E-state index < -0.39 is 0 Å². The minimum atomic E-state index is -0.0648. The van der Waals surface area contributed by atoms with Gasteiger partial charge in [0.15, 0.2) is 0 Å². The Labute approximate surface area is 146 Å². The monoisotopic (exact) mass is 342 g/mol. The first-order valence-corrected chi connectivity index (χ1v) is 9.08. The highest BCUT2D eigenvalue weighted by Gasteiger charge is 2.18. The quantitative estimate of drug-likeness (QED) is 0.791. The summed E-state index contributed by atoms with van der Waals surface area (Å²) in [6.07, 6.45) is 3.13. The van der Waals surface area contributed by atoms with Crippen LogP contribution in [0.25, 0.3) is 10.4 Å². The fraction of sp³-hybridized carbons (Fsp3) is 0.316. The molecule has 0 atom stereocenters. The molecule has 2 heterocycles. The fourth-order valence-corrected chi connectivity index (χ4v) is 3.67. The van der Waals surface area contributed by atoms with Crippen LogP contribution >= 0.6 is 11.3 Å². The van der Waals surface area contributed by atoms with Crippen LogP contribution in [0.1, 0.15) is 23.0 Å². The summed E-state index contributed by atoms with van der Waals surface area (Å²) in [7, 11) is 0. The minimum absolute atomic E-state index is 0.0648. The molecular weight excluding hydrogens is 320 g/mol. The molecule has 0 spiro atoms. The summed E-state index contributed by atoms with van der Waals surface area (Å²) < 4.78 is 5.68. The Balaban J connectivity index is 1.76. The Hall–Kier alpha value is -2.11. The van der Waals surface area contributed by atoms with E-state index in [9.17, 15) is 4.79 Å². The third-order valence-corrected chi connectivity index (χ3v) is 5.06. The van der Waals surface area contributed by atoms with Crippen LogP contribution in [0, 0.1) is 0 Å². The molecule has 5 heteroatoms. The van der Waals surface area contributed by atoms with Crippen molar-refractivity contribution in [2.24, 2.45) is 0 Å². The van der Waals surface area contributed by atoms with Crippen LogP contribution in [0.3, 0.4) is 0 Å². The van der Waals surface area contributed by atoms with E-state index in [0.29, 0.717) is 23.8 Å². The standard InChI is InChI=1S/C19H22N2O2S/c1-2-23-16-12-17(15-6-4-3-5-7-15)24-18(16)19(22)21-13-14-8-10-20-11-9-14/h3-8,12,20H,2,9-11,13H2,1H3,(H,21,22). The summed E-state index contributed by atoms with van der Waals surface area (Å²) in [5.41, 5.74) is 2.38. The highest BCUT2D eigenvalue weighted by Crippen LogP contribution is 2.36. The van der Waals surface area contributed by atoms with E-state index in [1.54, 1.807) is 0 Å². The summed E-state index contributed by atoms with van der Waals surface area (Å²) in [5, 5.41) is 6.30. The third-order valence-electron chi connectivity index (χ3n) is 3.90. The Morgan fingerprint density at radius 2 is 2.17 bits per heavy atom. The molecule has 0 saturated heterocycles. The lowest BCUT2D eigenvalue weighted by Crippen LogP contribution is -2.29. The topological polar surface area (TPSA) is 50.4 Å². The predicted octanol–water partition coefficient (Wildman–Crippen LogP) is 3.46. The van der Waals surface area contributed by atoms with Crippen molar-refractivity contribution < 1.29 is 9.53 Å². The van der Waals surface area contributed by atoms with Gasteiger partial charge in [-0.3, -0.25) is 4.79 Å². The molecule has 24 heavy (non-hydrogen) atoms. The van der Waals surface area contributed by atoms with Gasteiger partial charge in [0.25, 0.3) is 5.91 Å². The van der Waals surface area contributed by atoms with Gasteiger partial charge in [0, 0.05) is 18.0 Å². The largest absolute Gasteiger partial charge is 0.492 e. The smallest absolute Gasteiger partial charge is 0.265 e.